The second kappa shape index (κ2) is 7.78. The molecular weight excluding hydrogens is 510 g/mol. The summed E-state index contributed by atoms with van der Waals surface area (Å²) in [5.74, 6) is -1.50. The Bertz CT molecular complexity index is 1770. The lowest BCUT2D eigenvalue weighted by atomic mass is 9.57. The first-order valence-electron chi connectivity index (χ1n) is 13.3. The lowest BCUT2D eigenvalue weighted by molar-refractivity contribution is -0.137. The van der Waals surface area contributed by atoms with Crippen LogP contribution in [0.1, 0.15) is 34.3 Å². The molecule has 2 fully saturated rings. The molecule has 39 heavy (non-hydrogen) atoms. The van der Waals surface area contributed by atoms with Crippen molar-refractivity contribution in [2.45, 2.75) is 29.8 Å². The Morgan fingerprint density at radius 3 is 2.44 bits per heavy atom. The molecule has 4 aliphatic rings. The van der Waals surface area contributed by atoms with Gasteiger partial charge in [0.1, 0.15) is 11.0 Å². The molecule has 8 rings (SSSR count). The van der Waals surface area contributed by atoms with Crippen molar-refractivity contribution in [3.63, 3.8) is 0 Å². The highest BCUT2D eigenvalue weighted by Gasteiger charge is 2.81. The van der Waals surface area contributed by atoms with Crippen LogP contribution in [-0.4, -0.2) is 35.1 Å². The molecule has 6 nitrogen and oxygen atoms in total. The van der Waals surface area contributed by atoms with Crippen molar-refractivity contribution in [1.29, 1.82) is 0 Å². The van der Waals surface area contributed by atoms with Gasteiger partial charge in [0.2, 0.25) is 5.91 Å². The van der Waals surface area contributed by atoms with Crippen LogP contribution in [0.2, 0.25) is 5.02 Å². The normalized spacial score (nSPS) is 28.5. The number of halogens is 1. The Labute approximate surface area is 230 Å². The van der Waals surface area contributed by atoms with Crippen LogP contribution in [0.5, 0.6) is 0 Å². The maximum atomic E-state index is 14.8. The van der Waals surface area contributed by atoms with Crippen LogP contribution in [0.3, 0.4) is 0 Å². The van der Waals surface area contributed by atoms with E-state index in [1.807, 2.05) is 66.7 Å². The number of hydrogen-bond acceptors (Lipinski definition) is 4. The first kappa shape index (κ1) is 22.9. The van der Waals surface area contributed by atoms with Gasteiger partial charge in [-0.3, -0.25) is 19.3 Å². The van der Waals surface area contributed by atoms with Crippen LogP contribution in [0, 0.1) is 5.92 Å². The standard InChI is InChI=1S/C32H24ClN3O3/c33-21-13-14-25-23(17-21)32(30(39)35-25)31(22-8-3-4-9-24(22)34-29(31)38)27(26-10-5-15-36(26)32)28(37)20-12-11-18-6-1-2-7-19(18)16-20/h1-4,6-9,11-14,16-17,26-27H,5,10,15H2,(H,34,38)(H,35,39)/t26-,27-,31-,32-/m1/s1. The lowest BCUT2D eigenvalue weighted by Gasteiger charge is -2.43. The summed E-state index contributed by atoms with van der Waals surface area (Å²) in [7, 11) is 0. The highest BCUT2D eigenvalue weighted by molar-refractivity contribution is 6.31. The highest BCUT2D eigenvalue weighted by atomic mass is 35.5. The van der Waals surface area contributed by atoms with E-state index in [0.717, 1.165) is 17.2 Å². The van der Waals surface area contributed by atoms with Crippen molar-refractivity contribution in [2.75, 3.05) is 17.2 Å². The van der Waals surface area contributed by atoms with E-state index in [2.05, 4.69) is 15.5 Å². The molecule has 7 heteroatoms. The molecule has 4 aliphatic heterocycles. The van der Waals surface area contributed by atoms with E-state index in [4.69, 9.17) is 11.6 Å². The first-order valence-corrected chi connectivity index (χ1v) is 13.7. The smallest absolute Gasteiger partial charge is 0.251 e. The zero-order chi connectivity index (χ0) is 26.5. The zero-order valence-electron chi connectivity index (χ0n) is 20.9. The molecule has 0 aliphatic carbocycles. The van der Waals surface area contributed by atoms with E-state index in [1.54, 1.807) is 18.2 Å². The molecule has 0 saturated carbocycles. The van der Waals surface area contributed by atoms with Crippen LogP contribution >= 0.6 is 11.6 Å². The number of anilines is 2. The third-order valence-corrected chi connectivity index (χ3v) is 9.61. The molecule has 0 unspecified atom stereocenters. The van der Waals surface area contributed by atoms with E-state index in [9.17, 15) is 14.4 Å². The van der Waals surface area contributed by atoms with Crippen LogP contribution in [0.15, 0.2) is 84.9 Å². The van der Waals surface area contributed by atoms with Gasteiger partial charge in [-0.1, -0.05) is 66.2 Å². The first-order chi connectivity index (χ1) is 19.0. The maximum Gasteiger partial charge on any atom is 0.251 e. The molecule has 2 spiro atoms. The van der Waals surface area contributed by atoms with Crippen LogP contribution < -0.4 is 10.6 Å². The van der Waals surface area contributed by atoms with Crippen LogP contribution in [0.4, 0.5) is 11.4 Å². The number of rotatable bonds is 2. The van der Waals surface area contributed by atoms with Crippen molar-refractivity contribution < 1.29 is 14.4 Å². The Morgan fingerprint density at radius 1 is 0.821 bits per heavy atom. The number of ketones is 1. The summed E-state index contributed by atoms with van der Waals surface area (Å²) in [6.45, 7) is 0.600. The Hall–Kier alpha value is -4.00. The molecule has 4 aromatic rings. The SMILES string of the molecule is O=C(c1ccc2ccccc2c1)[C@H]1[C@H]2CCCN2[C@]2(C(=O)Nc3ccc(Cl)cc32)[C@@]12C(=O)Nc1ccccc12. The second-order valence-corrected chi connectivity index (χ2v) is 11.4. The van der Waals surface area contributed by atoms with Gasteiger partial charge in [0.05, 0.1) is 5.92 Å². The van der Waals surface area contributed by atoms with Crippen LogP contribution in [0.25, 0.3) is 10.8 Å². The van der Waals surface area contributed by atoms with E-state index in [0.29, 0.717) is 46.1 Å². The molecule has 2 amide bonds. The third-order valence-electron chi connectivity index (χ3n) is 9.37. The summed E-state index contributed by atoms with van der Waals surface area (Å²) in [6.07, 6.45) is 1.54. The van der Waals surface area contributed by atoms with Gasteiger partial charge in [-0.25, -0.2) is 0 Å². The average molecular weight is 534 g/mol. The fourth-order valence-corrected chi connectivity index (χ4v) is 8.24. The highest BCUT2D eigenvalue weighted by Crippen LogP contribution is 2.68. The molecule has 4 heterocycles. The molecule has 4 atom stereocenters. The largest absolute Gasteiger partial charge is 0.325 e. The van der Waals surface area contributed by atoms with Gasteiger partial charge in [0.25, 0.3) is 5.91 Å². The molecule has 4 aromatic carbocycles. The van der Waals surface area contributed by atoms with Gasteiger partial charge in [-0.05, 0) is 66.1 Å². The Balaban J connectivity index is 1.45. The van der Waals surface area contributed by atoms with Gasteiger partial charge < -0.3 is 10.6 Å². The van der Waals surface area contributed by atoms with Crippen LogP contribution in [-0.2, 0) is 20.5 Å². The topological polar surface area (TPSA) is 78.5 Å². The van der Waals surface area contributed by atoms with Crippen molar-refractivity contribution in [3.05, 3.63) is 107 Å². The maximum absolute atomic E-state index is 14.8. The molecule has 192 valence electrons. The summed E-state index contributed by atoms with van der Waals surface area (Å²) in [6, 6.07) is 26.1. The molecule has 0 radical (unpaired) electrons. The van der Waals surface area contributed by atoms with Gasteiger partial charge in [0, 0.05) is 33.6 Å². The predicted octanol–water partition coefficient (Wildman–Crippen LogP) is 5.51. The van der Waals surface area contributed by atoms with Gasteiger partial charge in [-0.2, -0.15) is 0 Å². The minimum atomic E-state index is -1.47. The fraction of sp³-hybridized carbons (Fsp3) is 0.219. The number of carbonyl (C=O) groups is 3. The van der Waals surface area contributed by atoms with Crippen molar-refractivity contribution >= 4 is 51.3 Å². The summed E-state index contributed by atoms with van der Waals surface area (Å²) < 4.78 is 0. The third kappa shape index (κ3) is 2.63. The molecule has 2 saturated heterocycles. The quantitative estimate of drug-likeness (QED) is 0.333. The van der Waals surface area contributed by atoms with Crippen molar-refractivity contribution in [1.82, 2.24) is 4.90 Å². The number of nitrogens with zero attached hydrogens (tertiary/aromatic N) is 1. The van der Waals surface area contributed by atoms with E-state index >= 15 is 0 Å². The van der Waals surface area contributed by atoms with Gasteiger partial charge in [-0.15, -0.1) is 0 Å². The summed E-state index contributed by atoms with van der Waals surface area (Å²) in [5.41, 5.74) is 0.274. The minimum absolute atomic E-state index is 0.121. The Morgan fingerprint density at radius 2 is 1.56 bits per heavy atom. The number of para-hydroxylation sites is 1. The molecule has 0 bridgehead atoms. The molecular formula is C32H24ClN3O3. The lowest BCUT2D eigenvalue weighted by Crippen LogP contribution is -2.62. The zero-order valence-corrected chi connectivity index (χ0v) is 21.7. The number of nitrogens with one attached hydrogen (secondary N) is 2. The average Bonchev–Trinajstić information content (AvgIpc) is 3.67. The number of Topliss-reactive ketones (excluding diaryl/α,β-unsaturated/α-hetero) is 1. The van der Waals surface area contributed by atoms with E-state index in [-0.39, 0.29) is 23.6 Å². The van der Waals surface area contributed by atoms with Crippen molar-refractivity contribution in [3.8, 4) is 0 Å². The predicted molar refractivity (Wildman–Crippen MR) is 150 cm³/mol. The van der Waals surface area contributed by atoms with Crippen molar-refractivity contribution in [2.24, 2.45) is 5.92 Å². The van der Waals surface area contributed by atoms with Gasteiger partial charge in [0.15, 0.2) is 5.78 Å². The second-order valence-electron chi connectivity index (χ2n) is 11.0. The number of benzene rings is 4. The summed E-state index contributed by atoms with van der Waals surface area (Å²) in [5, 5.41) is 8.61. The van der Waals surface area contributed by atoms with E-state index in [1.165, 1.54) is 0 Å². The Kier molecular flexibility index (Phi) is 4.57. The fourth-order valence-electron chi connectivity index (χ4n) is 8.07. The summed E-state index contributed by atoms with van der Waals surface area (Å²) >= 11 is 6.53. The molecule has 2 N–H and O–H groups in total. The van der Waals surface area contributed by atoms with E-state index < -0.39 is 16.9 Å². The number of carbonyl (C=O) groups excluding carboxylic acids is 3. The molecule has 0 aromatic heterocycles. The van der Waals surface area contributed by atoms with Gasteiger partial charge >= 0.3 is 0 Å². The number of fused-ring (bicyclic) bond motifs is 8. The minimum Gasteiger partial charge on any atom is -0.325 e. The monoisotopic (exact) mass is 533 g/mol. The summed E-state index contributed by atoms with van der Waals surface area (Å²) in [4.78, 5) is 45.9. The number of amides is 2. The number of hydrogen-bond donors (Lipinski definition) is 2.